The van der Waals surface area contributed by atoms with Crippen LogP contribution in [0.5, 0.6) is 0 Å². The lowest BCUT2D eigenvalue weighted by atomic mass is 10.2. The Morgan fingerprint density at radius 3 is 2.39 bits per heavy atom. The van der Waals surface area contributed by atoms with Crippen molar-refractivity contribution in [1.29, 1.82) is 0 Å². The van der Waals surface area contributed by atoms with Crippen molar-refractivity contribution in [1.82, 2.24) is 10.6 Å². The molecule has 0 fully saturated rings. The Balaban J connectivity index is 1.57. The summed E-state index contributed by atoms with van der Waals surface area (Å²) in [5.74, 6) is -1.14. The summed E-state index contributed by atoms with van der Waals surface area (Å²) in [6, 6.07) is 13.6. The van der Waals surface area contributed by atoms with E-state index in [1.165, 1.54) is 0 Å². The van der Waals surface area contributed by atoms with Gasteiger partial charge in [-0.1, -0.05) is 35.3 Å². The molecule has 0 spiro atoms. The first-order chi connectivity index (χ1) is 13.4. The van der Waals surface area contributed by atoms with Gasteiger partial charge in [-0.25, -0.2) is 0 Å². The van der Waals surface area contributed by atoms with E-state index in [2.05, 4.69) is 10.6 Å². The van der Waals surface area contributed by atoms with Gasteiger partial charge in [0.05, 0.1) is 0 Å². The molecule has 0 aliphatic heterocycles. The molecule has 0 saturated heterocycles. The summed E-state index contributed by atoms with van der Waals surface area (Å²) in [5, 5.41) is 6.48. The molecule has 0 bridgehead atoms. The molecule has 0 heterocycles. The highest BCUT2D eigenvalue weighted by Crippen LogP contribution is 2.10. The summed E-state index contributed by atoms with van der Waals surface area (Å²) < 4.78 is 4.92. The number of esters is 1. The third-order valence-corrected chi connectivity index (χ3v) is 4.18. The van der Waals surface area contributed by atoms with Crippen LogP contribution in [0.25, 0.3) is 0 Å². The summed E-state index contributed by atoms with van der Waals surface area (Å²) >= 11 is 11.6. The van der Waals surface area contributed by atoms with Gasteiger partial charge in [0.25, 0.3) is 11.8 Å². The lowest BCUT2D eigenvalue weighted by Gasteiger charge is -2.08. The van der Waals surface area contributed by atoms with Gasteiger partial charge in [0.1, 0.15) is 0 Å². The SMILES string of the molecule is O=C(COC(=O)CCCNC(=O)c1ccc(Cl)cc1)NCc1cccc(Cl)c1. The van der Waals surface area contributed by atoms with Gasteiger partial charge in [0.2, 0.25) is 0 Å². The molecule has 0 aliphatic carbocycles. The van der Waals surface area contributed by atoms with Crippen molar-refractivity contribution in [2.45, 2.75) is 19.4 Å². The molecule has 0 aliphatic rings. The van der Waals surface area contributed by atoms with E-state index >= 15 is 0 Å². The number of carbonyl (C=O) groups excluding carboxylic acids is 3. The number of rotatable bonds is 9. The largest absolute Gasteiger partial charge is 0.456 e. The van der Waals surface area contributed by atoms with Crippen molar-refractivity contribution in [3.63, 3.8) is 0 Å². The highest BCUT2D eigenvalue weighted by atomic mass is 35.5. The highest BCUT2D eigenvalue weighted by Gasteiger charge is 2.09. The Kier molecular flexibility index (Phi) is 8.78. The van der Waals surface area contributed by atoms with Gasteiger partial charge in [-0.15, -0.1) is 0 Å². The summed E-state index contributed by atoms with van der Waals surface area (Å²) in [6.07, 6.45) is 0.505. The molecule has 2 aromatic rings. The molecular formula is C20H20Cl2N2O4. The molecule has 2 rings (SSSR count). The normalized spacial score (nSPS) is 10.2. The van der Waals surface area contributed by atoms with E-state index in [0.29, 0.717) is 35.1 Å². The highest BCUT2D eigenvalue weighted by molar-refractivity contribution is 6.30. The number of halogens is 2. The summed E-state index contributed by atoms with van der Waals surface area (Å²) in [6.45, 7) is 0.266. The maximum Gasteiger partial charge on any atom is 0.306 e. The molecule has 0 unspecified atom stereocenters. The van der Waals surface area contributed by atoms with E-state index in [1.807, 2.05) is 6.07 Å². The minimum atomic E-state index is -0.501. The number of amides is 2. The standard InChI is InChI=1S/C20H20Cl2N2O4/c21-16-8-6-15(7-9-16)20(27)23-10-2-5-19(26)28-13-18(25)24-12-14-3-1-4-17(22)11-14/h1,3-4,6-9,11H,2,5,10,12-13H2,(H,23,27)(H,24,25). The zero-order valence-electron chi connectivity index (χ0n) is 15.0. The van der Waals surface area contributed by atoms with Crippen molar-refractivity contribution in [2.24, 2.45) is 0 Å². The fraction of sp³-hybridized carbons (Fsp3) is 0.250. The van der Waals surface area contributed by atoms with Gasteiger partial charge < -0.3 is 15.4 Å². The number of hydrogen-bond donors (Lipinski definition) is 2. The molecule has 0 atom stereocenters. The van der Waals surface area contributed by atoms with Crippen LogP contribution < -0.4 is 10.6 Å². The molecule has 0 saturated carbocycles. The monoisotopic (exact) mass is 422 g/mol. The van der Waals surface area contributed by atoms with E-state index < -0.39 is 11.9 Å². The molecule has 2 N–H and O–H groups in total. The number of benzene rings is 2. The van der Waals surface area contributed by atoms with Gasteiger partial charge in [-0.2, -0.15) is 0 Å². The predicted octanol–water partition coefficient (Wildman–Crippen LogP) is 3.36. The first kappa shape index (κ1) is 21.7. The Bertz CT molecular complexity index is 825. The number of ether oxygens (including phenoxy) is 1. The Labute approximate surface area is 173 Å². The van der Waals surface area contributed by atoms with Crippen molar-refractivity contribution < 1.29 is 19.1 Å². The van der Waals surface area contributed by atoms with Crippen LogP contribution in [0.4, 0.5) is 0 Å². The lowest BCUT2D eigenvalue weighted by molar-refractivity contribution is -0.148. The van der Waals surface area contributed by atoms with Gasteiger partial charge >= 0.3 is 5.97 Å². The fourth-order valence-electron chi connectivity index (χ4n) is 2.25. The third kappa shape index (κ3) is 7.98. The van der Waals surface area contributed by atoms with Crippen LogP contribution in [0.2, 0.25) is 10.0 Å². The van der Waals surface area contributed by atoms with Crippen LogP contribution in [0.15, 0.2) is 48.5 Å². The Hall–Kier alpha value is -2.57. The van der Waals surface area contributed by atoms with Crippen LogP contribution in [-0.4, -0.2) is 30.9 Å². The summed E-state index contributed by atoms with van der Waals surface area (Å²) in [7, 11) is 0. The van der Waals surface area contributed by atoms with E-state index in [0.717, 1.165) is 5.56 Å². The molecule has 2 aromatic carbocycles. The maximum absolute atomic E-state index is 11.9. The van der Waals surface area contributed by atoms with Crippen LogP contribution in [0.3, 0.4) is 0 Å². The molecule has 28 heavy (non-hydrogen) atoms. The van der Waals surface area contributed by atoms with Gasteiger partial charge in [-0.05, 0) is 48.4 Å². The zero-order valence-corrected chi connectivity index (χ0v) is 16.6. The minimum absolute atomic E-state index is 0.0997. The molecule has 0 radical (unpaired) electrons. The van der Waals surface area contributed by atoms with E-state index in [1.54, 1.807) is 42.5 Å². The average Bonchev–Trinajstić information content (AvgIpc) is 2.68. The number of hydrogen-bond acceptors (Lipinski definition) is 4. The third-order valence-electron chi connectivity index (χ3n) is 3.69. The lowest BCUT2D eigenvalue weighted by Crippen LogP contribution is -2.28. The zero-order chi connectivity index (χ0) is 20.4. The number of carbonyl (C=O) groups is 3. The van der Waals surface area contributed by atoms with Gasteiger partial charge in [0, 0.05) is 35.1 Å². The Morgan fingerprint density at radius 1 is 0.929 bits per heavy atom. The smallest absolute Gasteiger partial charge is 0.306 e. The first-order valence-corrected chi connectivity index (χ1v) is 9.40. The maximum atomic E-state index is 11.9. The molecule has 2 amide bonds. The van der Waals surface area contributed by atoms with Crippen LogP contribution in [0, 0.1) is 0 Å². The Morgan fingerprint density at radius 2 is 1.68 bits per heavy atom. The minimum Gasteiger partial charge on any atom is -0.456 e. The van der Waals surface area contributed by atoms with Gasteiger partial charge in [-0.3, -0.25) is 14.4 Å². The van der Waals surface area contributed by atoms with E-state index in [4.69, 9.17) is 27.9 Å². The first-order valence-electron chi connectivity index (χ1n) is 8.64. The summed E-state index contributed by atoms with van der Waals surface area (Å²) in [5.41, 5.74) is 1.34. The predicted molar refractivity (Wildman–Crippen MR) is 107 cm³/mol. The van der Waals surface area contributed by atoms with Crippen molar-refractivity contribution in [3.05, 3.63) is 69.7 Å². The molecule has 0 aromatic heterocycles. The number of nitrogens with one attached hydrogen (secondary N) is 2. The second-order valence-corrected chi connectivity index (χ2v) is 6.81. The van der Waals surface area contributed by atoms with E-state index in [-0.39, 0.29) is 18.9 Å². The molecule has 6 nitrogen and oxygen atoms in total. The topological polar surface area (TPSA) is 84.5 Å². The van der Waals surface area contributed by atoms with Crippen molar-refractivity contribution in [3.8, 4) is 0 Å². The van der Waals surface area contributed by atoms with Crippen LogP contribution >= 0.6 is 23.2 Å². The molecular weight excluding hydrogens is 403 g/mol. The van der Waals surface area contributed by atoms with Crippen LogP contribution in [-0.2, 0) is 20.9 Å². The van der Waals surface area contributed by atoms with Gasteiger partial charge in [0.15, 0.2) is 6.61 Å². The fourth-order valence-corrected chi connectivity index (χ4v) is 2.59. The molecule has 148 valence electrons. The second-order valence-electron chi connectivity index (χ2n) is 5.93. The van der Waals surface area contributed by atoms with Crippen molar-refractivity contribution >= 4 is 41.0 Å². The van der Waals surface area contributed by atoms with Crippen LogP contribution in [0.1, 0.15) is 28.8 Å². The molecule has 8 heteroatoms. The second kappa shape index (κ2) is 11.3. The van der Waals surface area contributed by atoms with E-state index in [9.17, 15) is 14.4 Å². The average molecular weight is 423 g/mol. The quantitative estimate of drug-likeness (QED) is 0.479. The van der Waals surface area contributed by atoms with Crippen molar-refractivity contribution in [2.75, 3.05) is 13.2 Å². The summed E-state index contributed by atoms with van der Waals surface area (Å²) in [4.78, 5) is 35.3.